The van der Waals surface area contributed by atoms with Crippen molar-refractivity contribution in [2.75, 3.05) is 18.6 Å². The molecule has 1 aliphatic rings. The van der Waals surface area contributed by atoms with E-state index in [4.69, 9.17) is 19.4 Å². The SMILES string of the molecule is C=CCCC1C[C@H](CCOC(=O)C(C)(C)C)[C@@H](OS(C)(=O)=O)[C@H]1Oc1nc(C)nc(C)c1N. The van der Waals surface area contributed by atoms with Gasteiger partial charge in [-0.15, -0.1) is 6.58 Å². The van der Waals surface area contributed by atoms with E-state index in [0.717, 1.165) is 19.1 Å². The minimum Gasteiger partial charge on any atom is -0.470 e. The number of aromatic nitrogens is 2. The predicted molar refractivity (Wildman–Crippen MR) is 126 cm³/mol. The molecule has 1 saturated carbocycles. The molecule has 1 unspecified atom stereocenters. The Labute approximate surface area is 197 Å². The molecular weight excluding hydrogens is 446 g/mol. The van der Waals surface area contributed by atoms with Crippen molar-refractivity contribution in [3.63, 3.8) is 0 Å². The van der Waals surface area contributed by atoms with Gasteiger partial charge in [-0.05, 0) is 72.1 Å². The number of nitrogens with zero attached hydrogens (tertiary/aromatic N) is 2. The zero-order valence-electron chi connectivity index (χ0n) is 20.5. The average molecular weight is 484 g/mol. The summed E-state index contributed by atoms with van der Waals surface area (Å²) in [6, 6.07) is 0. The topological polar surface area (TPSA) is 131 Å². The van der Waals surface area contributed by atoms with Crippen molar-refractivity contribution in [1.29, 1.82) is 0 Å². The highest BCUT2D eigenvalue weighted by molar-refractivity contribution is 7.86. The smallest absolute Gasteiger partial charge is 0.311 e. The fourth-order valence-corrected chi connectivity index (χ4v) is 4.69. The van der Waals surface area contributed by atoms with Gasteiger partial charge in [-0.2, -0.15) is 13.4 Å². The third-order valence-electron chi connectivity index (χ3n) is 5.68. The number of allylic oxidation sites excluding steroid dienone is 1. The van der Waals surface area contributed by atoms with Gasteiger partial charge in [-0.3, -0.25) is 8.98 Å². The van der Waals surface area contributed by atoms with E-state index in [1.54, 1.807) is 34.6 Å². The lowest BCUT2D eigenvalue weighted by atomic mass is 9.97. The third-order valence-corrected chi connectivity index (χ3v) is 6.25. The maximum absolute atomic E-state index is 12.1. The maximum Gasteiger partial charge on any atom is 0.311 e. The number of carbonyl (C=O) groups is 1. The van der Waals surface area contributed by atoms with Gasteiger partial charge in [0.2, 0.25) is 5.88 Å². The number of anilines is 1. The summed E-state index contributed by atoms with van der Waals surface area (Å²) in [7, 11) is -3.77. The van der Waals surface area contributed by atoms with E-state index in [0.29, 0.717) is 30.0 Å². The first-order valence-electron chi connectivity index (χ1n) is 11.2. The van der Waals surface area contributed by atoms with Crippen LogP contribution in [0.1, 0.15) is 58.0 Å². The molecular formula is C23H37N3O6S. The van der Waals surface area contributed by atoms with E-state index >= 15 is 0 Å². The fraction of sp³-hybridized carbons (Fsp3) is 0.696. The van der Waals surface area contributed by atoms with Crippen molar-refractivity contribution < 1.29 is 26.9 Å². The summed E-state index contributed by atoms with van der Waals surface area (Å²) in [5, 5.41) is 0. The largest absolute Gasteiger partial charge is 0.470 e. The van der Waals surface area contributed by atoms with Crippen LogP contribution in [0, 0.1) is 31.1 Å². The second kappa shape index (κ2) is 10.8. The lowest BCUT2D eigenvalue weighted by Gasteiger charge is -2.27. The van der Waals surface area contributed by atoms with Gasteiger partial charge >= 0.3 is 5.97 Å². The minimum atomic E-state index is -3.77. The molecule has 0 spiro atoms. The molecule has 0 radical (unpaired) electrons. The second-order valence-corrected chi connectivity index (χ2v) is 11.3. The fourth-order valence-electron chi connectivity index (χ4n) is 4.02. The molecule has 0 bridgehead atoms. The lowest BCUT2D eigenvalue weighted by molar-refractivity contribution is -0.153. The van der Waals surface area contributed by atoms with Crippen LogP contribution in [0.15, 0.2) is 12.7 Å². The molecule has 9 nitrogen and oxygen atoms in total. The van der Waals surface area contributed by atoms with Crippen molar-refractivity contribution in [3.05, 3.63) is 24.2 Å². The molecule has 0 aliphatic heterocycles. The summed E-state index contributed by atoms with van der Waals surface area (Å²) < 4.78 is 41.4. The highest BCUT2D eigenvalue weighted by atomic mass is 32.2. The molecule has 10 heteroatoms. The number of esters is 1. The molecule has 0 amide bonds. The van der Waals surface area contributed by atoms with E-state index in [-0.39, 0.29) is 30.3 Å². The summed E-state index contributed by atoms with van der Waals surface area (Å²) in [5.41, 5.74) is 6.44. The summed E-state index contributed by atoms with van der Waals surface area (Å²) >= 11 is 0. The summed E-state index contributed by atoms with van der Waals surface area (Å²) in [6.45, 7) is 12.8. The van der Waals surface area contributed by atoms with Gasteiger partial charge in [0.1, 0.15) is 23.7 Å². The Morgan fingerprint density at radius 2 is 1.82 bits per heavy atom. The summed E-state index contributed by atoms with van der Waals surface area (Å²) in [4.78, 5) is 20.7. The molecule has 1 aromatic rings. The Morgan fingerprint density at radius 1 is 1.18 bits per heavy atom. The van der Waals surface area contributed by atoms with Crippen LogP contribution in [0.4, 0.5) is 5.69 Å². The number of aryl methyl sites for hydroxylation is 2. The van der Waals surface area contributed by atoms with Gasteiger partial charge in [0, 0.05) is 0 Å². The van der Waals surface area contributed by atoms with E-state index in [1.807, 2.05) is 6.08 Å². The van der Waals surface area contributed by atoms with Crippen LogP contribution in [-0.2, 0) is 23.8 Å². The first-order chi connectivity index (χ1) is 15.2. The Hall–Kier alpha value is -2.20. The Balaban J connectivity index is 2.31. The van der Waals surface area contributed by atoms with Gasteiger partial charge in [0.15, 0.2) is 0 Å². The zero-order valence-corrected chi connectivity index (χ0v) is 21.3. The van der Waals surface area contributed by atoms with Crippen molar-refractivity contribution in [1.82, 2.24) is 9.97 Å². The molecule has 4 atom stereocenters. The van der Waals surface area contributed by atoms with Crippen molar-refractivity contribution >= 4 is 21.8 Å². The van der Waals surface area contributed by atoms with Gasteiger partial charge in [-0.25, -0.2) is 4.98 Å². The Morgan fingerprint density at radius 3 is 2.39 bits per heavy atom. The van der Waals surface area contributed by atoms with Crippen LogP contribution in [0.2, 0.25) is 0 Å². The van der Waals surface area contributed by atoms with Crippen LogP contribution >= 0.6 is 0 Å². The van der Waals surface area contributed by atoms with Crippen LogP contribution in [0.3, 0.4) is 0 Å². The van der Waals surface area contributed by atoms with E-state index in [9.17, 15) is 13.2 Å². The zero-order chi connectivity index (χ0) is 25.0. The molecule has 1 aliphatic carbocycles. The average Bonchev–Trinajstić information content (AvgIpc) is 2.98. The summed E-state index contributed by atoms with van der Waals surface area (Å²) in [5.74, 6) is 0.196. The normalized spacial score (nSPS) is 23.3. The summed E-state index contributed by atoms with van der Waals surface area (Å²) in [6.07, 6.45) is 4.04. The first-order valence-corrected chi connectivity index (χ1v) is 13.0. The lowest BCUT2D eigenvalue weighted by Crippen LogP contribution is -2.38. The van der Waals surface area contributed by atoms with Gasteiger partial charge in [0.05, 0.1) is 24.0 Å². The van der Waals surface area contributed by atoms with E-state index < -0.39 is 27.7 Å². The van der Waals surface area contributed by atoms with E-state index in [1.165, 1.54) is 0 Å². The van der Waals surface area contributed by atoms with Crippen LogP contribution in [0.25, 0.3) is 0 Å². The molecule has 33 heavy (non-hydrogen) atoms. The minimum absolute atomic E-state index is 0.0203. The molecule has 1 fully saturated rings. The number of nitrogens with two attached hydrogens (primary N) is 1. The van der Waals surface area contributed by atoms with Crippen LogP contribution < -0.4 is 10.5 Å². The molecule has 1 heterocycles. The number of rotatable bonds is 10. The Bertz CT molecular complexity index is 958. The van der Waals surface area contributed by atoms with E-state index in [2.05, 4.69) is 16.5 Å². The monoisotopic (exact) mass is 483 g/mol. The van der Waals surface area contributed by atoms with Crippen LogP contribution in [-0.4, -0.2) is 49.4 Å². The van der Waals surface area contributed by atoms with Crippen molar-refractivity contribution in [3.8, 4) is 5.88 Å². The van der Waals surface area contributed by atoms with Crippen molar-refractivity contribution in [2.45, 2.75) is 72.5 Å². The molecule has 0 aromatic carbocycles. The molecule has 1 aromatic heterocycles. The Kier molecular flexibility index (Phi) is 8.87. The highest BCUT2D eigenvalue weighted by Crippen LogP contribution is 2.42. The highest BCUT2D eigenvalue weighted by Gasteiger charge is 2.47. The van der Waals surface area contributed by atoms with Gasteiger partial charge in [0.25, 0.3) is 10.1 Å². The van der Waals surface area contributed by atoms with Gasteiger partial charge in [-0.1, -0.05) is 6.08 Å². The molecule has 2 N–H and O–H groups in total. The maximum atomic E-state index is 12.1. The first kappa shape index (κ1) is 27.0. The quantitative estimate of drug-likeness (QED) is 0.302. The number of ether oxygens (including phenoxy) is 2. The predicted octanol–water partition coefficient (Wildman–Crippen LogP) is 3.35. The number of hydrogen-bond acceptors (Lipinski definition) is 9. The standard InChI is InChI=1S/C23H37N3O6S/c1-8-9-10-16-13-17(11-12-30-22(27)23(4,5)6)20(32-33(7,28)29)19(16)31-21-18(24)14(2)25-15(3)26-21/h8,16-17,19-20H,1,9-13,24H2,2-7H3/t16?,17-,19-,20+/m0/s1. The number of hydrogen-bond donors (Lipinski definition) is 1. The molecule has 186 valence electrons. The number of carbonyl (C=O) groups excluding carboxylic acids is 1. The van der Waals surface area contributed by atoms with Crippen LogP contribution in [0.5, 0.6) is 5.88 Å². The second-order valence-electron chi connectivity index (χ2n) is 9.72. The van der Waals surface area contributed by atoms with Crippen molar-refractivity contribution in [2.24, 2.45) is 17.3 Å². The van der Waals surface area contributed by atoms with Gasteiger partial charge < -0.3 is 15.2 Å². The third kappa shape index (κ3) is 7.67. The number of nitrogen functional groups attached to an aromatic ring is 1. The molecule has 2 rings (SSSR count). The molecule has 0 saturated heterocycles.